The Morgan fingerprint density at radius 3 is 1.77 bits per heavy atom. The number of nitrogens with two attached hydrogens (primary N) is 1. The second kappa shape index (κ2) is 36.9. The number of fused-ring (bicyclic) bond motifs is 1. The van der Waals surface area contributed by atoms with Gasteiger partial charge < -0.3 is 78.7 Å². The lowest BCUT2D eigenvalue weighted by atomic mass is 9.98. The van der Waals surface area contributed by atoms with Crippen molar-refractivity contribution < 1.29 is 58.2 Å². The summed E-state index contributed by atoms with van der Waals surface area (Å²) in [5.41, 5.74) is 8.75. The van der Waals surface area contributed by atoms with Gasteiger partial charge in [-0.2, -0.15) is 5.09 Å². The standard InChI is InChI=1S/C70H104N19O12P/c1-6-73-67(99)58-20-16-34-89(58)69(101)52(19-15-27-74-70(71)85-102(86-28-9-10-29-86,87-30-11-12-31-87)88-32-13-14-33-88)78-62(94)53(35-43(2)3)79-63(95)54(36-44(4)5)82-68(100)60(45-21-23-48(91)24-22-45)84-66(98)57(41-90)83-64(96)55(37-46-39-75-50-18-8-7-17-49(46)50)80-65(97)56(38-47-40-72-42-76-47)81-61(93)51-25-26-59(92)77-51/h7-8,17-18,21-24,39-40,42-44,51-58,60,75,90H,6,9-16,19-20,25-38,41H2,1-5H3,(H13-,71,72,73,74,76,77,78,79,80,81,82,83,84,85,91,92,93,94,95,96,97,98,99,100)/p+1/t51-,52-,53-,54+,55-,56-,57-,58-,60-/m0/s1. The first-order valence-electron chi connectivity index (χ1n) is 36.2. The number of aliphatic imine (C=N–C) groups is 1. The first kappa shape index (κ1) is 77.4. The number of H-pyrrole nitrogens is 2. The third-order valence-electron chi connectivity index (χ3n) is 19.4. The van der Waals surface area contributed by atoms with Gasteiger partial charge in [-0.15, -0.1) is 14.0 Å². The van der Waals surface area contributed by atoms with E-state index in [4.69, 9.17) is 10.7 Å². The van der Waals surface area contributed by atoms with E-state index in [2.05, 4.69) is 81.9 Å². The lowest BCUT2D eigenvalue weighted by Gasteiger charge is -2.43. The first-order chi connectivity index (χ1) is 49.0. The molecule has 0 saturated carbocycles. The predicted molar refractivity (Wildman–Crippen MR) is 384 cm³/mol. The van der Waals surface area contributed by atoms with Crippen LogP contribution >= 0.6 is 7.87 Å². The average Bonchev–Trinajstić information content (AvgIpc) is 1.54. The van der Waals surface area contributed by atoms with Gasteiger partial charge in [0, 0.05) is 107 Å². The van der Waals surface area contributed by atoms with E-state index in [0.717, 1.165) is 83.3 Å². The van der Waals surface area contributed by atoms with E-state index in [1.54, 1.807) is 19.2 Å². The molecule has 5 aliphatic rings. The number of aromatic nitrogens is 3. The quantitative estimate of drug-likeness (QED) is 0.0134. The molecule has 0 radical (unpaired) electrons. The lowest BCUT2D eigenvalue weighted by Crippen LogP contribution is -2.60. The molecule has 556 valence electrons. The molecule has 0 unspecified atom stereocenters. The number of aromatic hydroxyl groups is 1. The molecule has 5 fully saturated rings. The van der Waals surface area contributed by atoms with E-state index >= 15 is 0 Å². The van der Waals surface area contributed by atoms with Crippen LogP contribution in [-0.4, -0.2) is 223 Å². The molecule has 2 aromatic carbocycles. The Balaban J connectivity index is 0.911. The number of guanidine groups is 1. The number of imidazole rings is 1. The summed E-state index contributed by atoms with van der Waals surface area (Å²) in [6.45, 7) is 14.8. The van der Waals surface area contributed by atoms with Crippen LogP contribution in [0.25, 0.3) is 10.9 Å². The van der Waals surface area contributed by atoms with Gasteiger partial charge in [0.2, 0.25) is 65.0 Å². The zero-order valence-corrected chi connectivity index (χ0v) is 60.2. The van der Waals surface area contributed by atoms with Crippen LogP contribution in [0.2, 0.25) is 0 Å². The molecular weight excluding hydrogens is 1330 g/mol. The minimum Gasteiger partial charge on any atom is -0.508 e. The van der Waals surface area contributed by atoms with Gasteiger partial charge >= 0.3 is 7.87 Å². The zero-order valence-electron chi connectivity index (χ0n) is 59.3. The summed E-state index contributed by atoms with van der Waals surface area (Å²) < 4.78 is 7.80. The minimum atomic E-state index is -2.25. The molecule has 5 saturated heterocycles. The summed E-state index contributed by atoms with van der Waals surface area (Å²) in [7, 11) is -2.25. The summed E-state index contributed by atoms with van der Waals surface area (Å²) in [5, 5.41) is 50.4. The number of likely N-dealkylation sites (N-methyl/N-ethyl adjacent to an activating group) is 1. The lowest BCUT2D eigenvalue weighted by molar-refractivity contribution is -0.142. The van der Waals surface area contributed by atoms with Gasteiger partial charge in [0.25, 0.3) is 0 Å². The summed E-state index contributed by atoms with van der Waals surface area (Å²) in [5.74, 6) is -7.20. The van der Waals surface area contributed by atoms with Crippen LogP contribution in [0.5, 0.6) is 5.75 Å². The number of phenolic OH excluding ortho intramolecular Hbond substituents is 1. The van der Waals surface area contributed by atoms with Crippen molar-refractivity contribution >= 4 is 83.8 Å². The molecule has 102 heavy (non-hydrogen) atoms. The Kier molecular flexibility index (Phi) is 28.0. The number of para-hydroxylation sites is 1. The number of aliphatic hydroxyl groups excluding tert-OH is 1. The Morgan fingerprint density at radius 2 is 1.21 bits per heavy atom. The van der Waals surface area contributed by atoms with Crippen molar-refractivity contribution in [3.05, 3.63) is 84.1 Å². The van der Waals surface area contributed by atoms with Crippen LogP contribution in [0.4, 0.5) is 0 Å². The highest BCUT2D eigenvalue weighted by Crippen LogP contribution is 2.67. The van der Waals surface area contributed by atoms with Crippen LogP contribution in [0.1, 0.15) is 147 Å². The Labute approximate surface area is 595 Å². The number of carbonyl (C=O) groups excluding carboxylic acids is 10. The second-order valence-corrected chi connectivity index (χ2v) is 31.1. The number of aliphatic hydroxyl groups is 1. The predicted octanol–water partition coefficient (Wildman–Crippen LogP) is 1.29. The van der Waals surface area contributed by atoms with Crippen LogP contribution < -0.4 is 58.7 Å². The molecule has 10 amide bonds. The molecule has 5 aliphatic heterocycles. The van der Waals surface area contributed by atoms with Gasteiger partial charge in [-0.25, -0.2) is 4.98 Å². The van der Waals surface area contributed by atoms with E-state index in [9.17, 15) is 58.2 Å². The summed E-state index contributed by atoms with van der Waals surface area (Å²) in [4.78, 5) is 159. The second-order valence-electron chi connectivity index (χ2n) is 28.0. The highest BCUT2D eigenvalue weighted by molar-refractivity contribution is 7.67. The molecule has 16 N–H and O–H groups in total. The van der Waals surface area contributed by atoms with E-state index in [1.165, 1.54) is 41.7 Å². The molecule has 0 aliphatic carbocycles. The van der Waals surface area contributed by atoms with Gasteiger partial charge in [0.15, 0.2) is 0 Å². The van der Waals surface area contributed by atoms with Gasteiger partial charge in [0.05, 0.1) is 12.9 Å². The molecule has 9 rings (SSSR count). The van der Waals surface area contributed by atoms with Gasteiger partial charge in [-0.1, -0.05) is 58.0 Å². The minimum absolute atomic E-state index is 0.0270. The van der Waals surface area contributed by atoms with Crippen molar-refractivity contribution in [1.82, 2.24) is 86.8 Å². The van der Waals surface area contributed by atoms with Crippen molar-refractivity contribution in [3.8, 4) is 5.75 Å². The smallest absolute Gasteiger partial charge is 0.332 e. The van der Waals surface area contributed by atoms with E-state index in [1.807, 2.05) is 45.9 Å². The molecule has 32 heteroatoms. The number of rotatable bonds is 35. The van der Waals surface area contributed by atoms with Gasteiger partial charge in [-0.3, -0.25) is 52.9 Å². The monoisotopic (exact) mass is 1430 g/mol. The summed E-state index contributed by atoms with van der Waals surface area (Å²) in [6.07, 6.45) is 12.8. The molecule has 31 nitrogen and oxygen atoms in total. The molecule has 4 aromatic rings. The van der Waals surface area contributed by atoms with Gasteiger partial charge in [-0.05, 0) is 132 Å². The number of hydrogen-bond acceptors (Lipinski definition) is 17. The molecule has 0 spiro atoms. The Hall–Kier alpha value is -8.77. The van der Waals surface area contributed by atoms with E-state index in [-0.39, 0.29) is 93.0 Å². The van der Waals surface area contributed by atoms with Crippen molar-refractivity contribution in [2.75, 3.05) is 65.5 Å². The highest BCUT2D eigenvalue weighted by atomic mass is 31.2. The topological polar surface area (TPSA) is 427 Å². The number of phenols is 1. The number of nitrogens with zero attached hydrogens (tertiary/aromatic N) is 6. The van der Waals surface area contributed by atoms with Crippen LogP contribution in [0.15, 0.2) is 72.2 Å². The molecular formula is C70H105N19O12P+. The van der Waals surface area contributed by atoms with Crippen molar-refractivity contribution in [3.63, 3.8) is 0 Å². The highest BCUT2D eigenvalue weighted by Gasteiger charge is 2.60. The van der Waals surface area contributed by atoms with Crippen LogP contribution in [-0.2, 0) is 60.8 Å². The van der Waals surface area contributed by atoms with E-state index in [0.29, 0.717) is 48.4 Å². The van der Waals surface area contributed by atoms with Crippen molar-refractivity contribution in [2.24, 2.45) is 22.6 Å². The number of aromatic amines is 2. The fraction of sp³-hybridized carbons (Fsp3) is 0.600. The third-order valence-corrected chi connectivity index (χ3v) is 23.5. The normalized spacial score (nSPS) is 19.7. The first-order valence-corrected chi connectivity index (χ1v) is 37.9. The zero-order chi connectivity index (χ0) is 73.0. The maximum absolute atomic E-state index is 14.9. The third kappa shape index (κ3) is 20.3. The number of carbonyl (C=O) groups is 10. The maximum atomic E-state index is 14.9. The number of nitrogens with one attached hydrogen (secondary N) is 12. The SMILES string of the molecule is CCNC(=O)[C@@H]1CCCN1C(=O)[C@H](CCCN=C(N)N[P+](N1CCCC1)(N1CCCC1)N1CCCC1)NC(=O)[C@H](CC(C)C)NC(=O)[C@@H](CC(C)C)NC(=O)[C@@H](NC(=O)[C@H](CO)NC(=O)[C@H](Cc1c[nH]c2ccccc12)NC(=O)[C@H](Cc1cnc[nH]1)NC(=O)[C@@H]1CCC(=O)N1)c1ccc(O)cc1. The number of hydrogen-bond donors (Lipinski definition) is 15. The summed E-state index contributed by atoms with van der Waals surface area (Å²) >= 11 is 0. The number of benzene rings is 2. The van der Waals surface area contributed by atoms with Crippen LogP contribution in [0, 0.1) is 11.8 Å². The molecule has 0 bridgehead atoms. The van der Waals surface area contributed by atoms with Crippen molar-refractivity contribution in [1.29, 1.82) is 0 Å². The van der Waals surface area contributed by atoms with Crippen LogP contribution in [0.3, 0.4) is 0 Å². The maximum Gasteiger partial charge on any atom is 0.332 e. The average molecular weight is 1440 g/mol. The summed E-state index contributed by atoms with van der Waals surface area (Å²) in [6, 6.07) is 0.881. The number of likely N-dealkylation sites (tertiary alicyclic amines) is 1. The molecule has 2 aromatic heterocycles. The Bertz CT molecular complexity index is 3520. The van der Waals surface area contributed by atoms with E-state index < -0.39 is 116 Å². The Morgan fingerprint density at radius 1 is 0.647 bits per heavy atom. The van der Waals surface area contributed by atoms with Gasteiger partial charge in [0.1, 0.15) is 60.1 Å². The fourth-order valence-corrected chi connectivity index (χ4v) is 18.6. The fourth-order valence-electron chi connectivity index (χ4n) is 14.2. The molecule has 9 atom stereocenters. The largest absolute Gasteiger partial charge is 0.508 e. The van der Waals surface area contributed by atoms with Crippen molar-refractivity contribution in [2.45, 2.75) is 192 Å². The number of amides is 10. The molecule has 7 heterocycles.